The minimum absolute atomic E-state index is 0.0533. The summed E-state index contributed by atoms with van der Waals surface area (Å²) in [5.74, 6) is -1.19. The van der Waals surface area contributed by atoms with Gasteiger partial charge in [-0.2, -0.15) is 0 Å². The molecule has 1 saturated heterocycles. The molecule has 7 heteroatoms. The Kier molecular flexibility index (Phi) is 7.11. The summed E-state index contributed by atoms with van der Waals surface area (Å²) in [5, 5.41) is 11.0. The molecular formula is C27H26FNO5. The maximum atomic E-state index is 13.4. The molecule has 1 aliphatic rings. The first-order chi connectivity index (χ1) is 16.5. The van der Waals surface area contributed by atoms with Gasteiger partial charge < -0.3 is 19.2 Å². The Morgan fingerprint density at radius 1 is 1.06 bits per heavy atom. The monoisotopic (exact) mass is 463 g/mol. The largest absolute Gasteiger partial charge is 0.507 e. The van der Waals surface area contributed by atoms with E-state index >= 15 is 0 Å². The van der Waals surface area contributed by atoms with Gasteiger partial charge >= 0.3 is 0 Å². The quantitative estimate of drug-likeness (QED) is 0.193. The topological polar surface area (TPSA) is 80.0 Å². The summed E-state index contributed by atoms with van der Waals surface area (Å²) in [6, 6.07) is 14.8. The summed E-state index contributed by atoms with van der Waals surface area (Å²) in [6.45, 7) is 2.78. The zero-order chi connectivity index (χ0) is 24.1. The molecule has 2 aromatic carbocycles. The Morgan fingerprint density at radius 2 is 1.79 bits per heavy atom. The van der Waals surface area contributed by atoms with Gasteiger partial charge in [0.15, 0.2) is 0 Å². The fourth-order valence-corrected chi connectivity index (χ4v) is 4.01. The van der Waals surface area contributed by atoms with Gasteiger partial charge in [0.1, 0.15) is 23.1 Å². The summed E-state index contributed by atoms with van der Waals surface area (Å²) in [7, 11) is 0. The average molecular weight is 464 g/mol. The molecule has 1 atom stereocenters. The van der Waals surface area contributed by atoms with Crippen LogP contribution in [0.3, 0.4) is 0 Å². The highest BCUT2D eigenvalue weighted by atomic mass is 19.1. The maximum absolute atomic E-state index is 13.4. The Balaban J connectivity index is 1.71. The lowest BCUT2D eigenvalue weighted by Crippen LogP contribution is -2.29. The summed E-state index contributed by atoms with van der Waals surface area (Å²) >= 11 is 0. The van der Waals surface area contributed by atoms with Crippen molar-refractivity contribution in [1.82, 2.24) is 4.90 Å². The molecule has 2 heterocycles. The van der Waals surface area contributed by atoms with Gasteiger partial charge in [0.05, 0.1) is 31.0 Å². The molecule has 4 rings (SSSR count). The van der Waals surface area contributed by atoms with Gasteiger partial charge in [0.2, 0.25) is 0 Å². The highest BCUT2D eigenvalue weighted by Gasteiger charge is 2.46. The van der Waals surface area contributed by atoms with Crippen LogP contribution in [0.1, 0.15) is 49.1 Å². The number of furan rings is 1. The molecule has 3 aromatic rings. The highest BCUT2D eigenvalue weighted by molar-refractivity contribution is 6.46. The zero-order valence-electron chi connectivity index (χ0n) is 18.9. The van der Waals surface area contributed by atoms with Crippen molar-refractivity contribution in [3.63, 3.8) is 0 Å². The number of rotatable bonds is 9. The fraction of sp³-hybridized carbons (Fsp3) is 0.259. The molecule has 1 aliphatic heterocycles. The smallest absolute Gasteiger partial charge is 0.296 e. The van der Waals surface area contributed by atoms with Gasteiger partial charge in [-0.1, -0.05) is 31.9 Å². The summed E-state index contributed by atoms with van der Waals surface area (Å²) in [5.41, 5.74) is 0.827. The molecule has 0 radical (unpaired) electrons. The van der Waals surface area contributed by atoms with Crippen molar-refractivity contribution in [2.45, 2.75) is 38.8 Å². The van der Waals surface area contributed by atoms with Crippen molar-refractivity contribution < 1.29 is 28.2 Å². The summed E-state index contributed by atoms with van der Waals surface area (Å²) < 4.78 is 24.6. The number of likely N-dealkylation sites (tertiary alicyclic amines) is 1. The number of aliphatic hydroxyl groups is 1. The average Bonchev–Trinajstić information content (AvgIpc) is 3.45. The lowest BCUT2D eigenvalue weighted by atomic mass is 9.95. The molecule has 1 aromatic heterocycles. The Labute approximate surface area is 197 Å². The number of Topliss-reactive ketones (excluding diaryl/α,β-unsaturated/α-hetero) is 1. The number of nitrogens with zero attached hydrogens (tertiary/aromatic N) is 1. The number of carbonyl (C=O) groups excluding carboxylic acids is 2. The lowest BCUT2D eigenvalue weighted by molar-refractivity contribution is -0.140. The van der Waals surface area contributed by atoms with E-state index in [2.05, 4.69) is 6.92 Å². The molecule has 1 amide bonds. The first-order valence-electron chi connectivity index (χ1n) is 11.3. The van der Waals surface area contributed by atoms with Crippen molar-refractivity contribution >= 4 is 17.4 Å². The van der Waals surface area contributed by atoms with E-state index < -0.39 is 23.5 Å². The van der Waals surface area contributed by atoms with E-state index in [4.69, 9.17) is 9.15 Å². The Morgan fingerprint density at radius 3 is 2.44 bits per heavy atom. The van der Waals surface area contributed by atoms with Crippen molar-refractivity contribution in [3.05, 3.63) is 95.2 Å². The molecule has 1 fully saturated rings. The second-order valence-corrected chi connectivity index (χ2v) is 8.14. The van der Waals surface area contributed by atoms with Crippen LogP contribution in [0.15, 0.2) is 76.9 Å². The predicted molar refractivity (Wildman–Crippen MR) is 124 cm³/mol. The molecule has 1 N–H and O–H groups in total. The van der Waals surface area contributed by atoms with Crippen LogP contribution in [0.2, 0.25) is 0 Å². The third kappa shape index (κ3) is 4.88. The van der Waals surface area contributed by atoms with Crippen LogP contribution in [0.5, 0.6) is 5.75 Å². The zero-order valence-corrected chi connectivity index (χ0v) is 18.9. The molecule has 0 spiro atoms. The molecule has 0 bridgehead atoms. The van der Waals surface area contributed by atoms with Crippen LogP contribution in [-0.2, 0) is 16.1 Å². The second-order valence-electron chi connectivity index (χ2n) is 8.14. The predicted octanol–water partition coefficient (Wildman–Crippen LogP) is 5.61. The van der Waals surface area contributed by atoms with E-state index in [-0.39, 0.29) is 23.4 Å². The van der Waals surface area contributed by atoms with Crippen LogP contribution < -0.4 is 4.74 Å². The van der Waals surface area contributed by atoms with Crippen molar-refractivity contribution in [2.24, 2.45) is 0 Å². The van der Waals surface area contributed by atoms with Gasteiger partial charge in [-0.3, -0.25) is 9.59 Å². The van der Waals surface area contributed by atoms with Crippen molar-refractivity contribution in [2.75, 3.05) is 6.61 Å². The molecule has 34 heavy (non-hydrogen) atoms. The normalized spacial score (nSPS) is 17.4. The minimum Gasteiger partial charge on any atom is -0.507 e. The second kappa shape index (κ2) is 10.4. The van der Waals surface area contributed by atoms with E-state index in [1.807, 2.05) is 0 Å². The van der Waals surface area contributed by atoms with Gasteiger partial charge in [0, 0.05) is 5.56 Å². The SMILES string of the molecule is CCCCCOc1ccc(C2C(=C(O)c3ccc(F)cc3)C(=O)C(=O)N2Cc2ccco2)cc1. The number of hydrogen-bond donors (Lipinski definition) is 1. The van der Waals surface area contributed by atoms with Gasteiger partial charge in [-0.25, -0.2) is 4.39 Å². The van der Waals surface area contributed by atoms with E-state index in [1.54, 1.807) is 36.4 Å². The molecule has 6 nitrogen and oxygen atoms in total. The van der Waals surface area contributed by atoms with Crippen LogP contribution in [0, 0.1) is 5.82 Å². The van der Waals surface area contributed by atoms with Gasteiger partial charge in [0.25, 0.3) is 11.7 Å². The van der Waals surface area contributed by atoms with E-state index in [9.17, 15) is 19.1 Å². The van der Waals surface area contributed by atoms with Crippen molar-refractivity contribution in [3.8, 4) is 5.75 Å². The first-order valence-corrected chi connectivity index (χ1v) is 11.3. The van der Waals surface area contributed by atoms with E-state index in [0.717, 1.165) is 19.3 Å². The molecule has 176 valence electrons. The van der Waals surface area contributed by atoms with E-state index in [0.29, 0.717) is 23.7 Å². The van der Waals surface area contributed by atoms with Crippen LogP contribution >= 0.6 is 0 Å². The first kappa shape index (κ1) is 23.3. The van der Waals surface area contributed by atoms with E-state index in [1.165, 1.54) is 35.4 Å². The molecule has 0 saturated carbocycles. The number of halogens is 1. The number of carbonyl (C=O) groups is 2. The Bertz CT molecular complexity index is 1170. The number of ether oxygens (including phenoxy) is 1. The summed E-state index contributed by atoms with van der Waals surface area (Å²) in [4.78, 5) is 27.4. The van der Waals surface area contributed by atoms with Gasteiger partial charge in [-0.15, -0.1) is 0 Å². The lowest BCUT2D eigenvalue weighted by Gasteiger charge is -2.24. The fourth-order valence-electron chi connectivity index (χ4n) is 4.01. The standard InChI is InChI=1S/C27H26FNO5/c1-2-3-4-15-33-21-13-9-18(10-14-21)24-23(25(30)19-7-11-20(28)12-8-19)26(31)27(32)29(24)17-22-6-5-16-34-22/h5-14,16,24,30H,2-4,15,17H2,1H3. The maximum Gasteiger partial charge on any atom is 0.296 e. The third-order valence-electron chi connectivity index (χ3n) is 5.78. The number of hydrogen-bond acceptors (Lipinski definition) is 5. The van der Waals surface area contributed by atoms with Crippen molar-refractivity contribution in [1.29, 1.82) is 0 Å². The number of unbranched alkanes of at least 4 members (excludes halogenated alkanes) is 2. The minimum atomic E-state index is -0.843. The van der Waals surface area contributed by atoms with Gasteiger partial charge in [-0.05, 0) is 60.5 Å². The number of benzene rings is 2. The number of ketones is 1. The van der Waals surface area contributed by atoms with Crippen LogP contribution in [0.4, 0.5) is 4.39 Å². The third-order valence-corrected chi connectivity index (χ3v) is 5.78. The van der Waals surface area contributed by atoms with Crippen LogP contribution in [0.25, 0.3) is 5.76 Å². The summed E-state index contributed by atoms with van der Waals surface area (Å²) in [6.07, 6.45) is 4.64. The molecular weight excluding hydrogens is 437 g/mol. The Hall–Kier alpha value is -3.87. The highest BCUT2D eigenvalue weighted by Crippen LogP contribution is 2.40. The number of aliphatic hydroxyl groups excluding tert-OH is 1. The van der Waals surface area contributed by atoms with Crippen LogP contribution in [-0.4, -0.2) is 28.3 Å². The molecule has 1 unspecified atom stereocenters. The number of amides is 1. The molecule has 0 aliphatic carbocycles.